The monoisotopic (exact) mass is 257 g/mol. The van der Waals surface area contributed by atoms with Gasteiger partial charge in [0, 0.05) is 6.20 Å². The van der Waals surface area contributed by atoms with E-state index < -0.39 is 21.7 Å². The highest BCUT2D eigenvalue weighted by atomic mass is 32.2. The molecular weight excluding hydrogens is 242 g/mol. The van der Waals surface area contributed by atoms with Crippen molar-refractivity contribution in [3.63, 3.8) is 0 Å². The van der Waals surface area contributed by atoms with Crippen molar-refractivity contribution in [2.75, 3.05) is 19.0 Å². The van der Waals surface area contributed by atoms with E-state index in [0.717, 1.165) is 0 Å². The molecule has 1 rings (SSSR count). The van der Waals surface area contributed by atoms with Gasteiger partial charge in [0.15, 0.2) is 14.9 Å². The minimum Gasteiger partial charge on any atom is -0.390 e. The van der Waals surface area contributed by atoms with Gasteiger partial charge in [-0.25, -0.2) is 13.4 Å². The topological polar surface area (TPSA) is 76.5 Å². The van der Waals surface area contributed by atoms with Crippen LogP contribution in [0.4, 0.5) is 0 Å². The molecule has 5 nitrogen and oxygen atoms in total. The van der Waals surface area contributed by atoms with Crippen LogP contribution in [-0.4, -0.2) is 43.6 Å². The van der Waals surface area contributed by atoms with Crippen molar-refractivity contribution in [2.45, 2.75) is 11.1 Å². The normalized spacial score (nSPS) is 13.2. The highest BCUT2D eigenvalue weighted by Crippen LogP contribution is 2.08. The fraction of sp³-hybridized carbons (Fsp3) is 0.364. The van der Waals surface area contributed by atoms with Gasteiger partial charge in [0.1, 0.15) is 0 Å². The van der Waals surface area contributed by atoms with Crippen molar-refractivity contribution in [2.24, 2.45) is 0 Å². The number of rotatable bonds is 7. The van der Waals surface area contributed by atoms with E-state index in [-0.39, 0.29) is 18.2 Å². The van der Waals surface area contributed by atoms with Crippen LogP contribution in [-0.2, 0) is 14.6 Å². The van der Waals surface area contributed by atoms with E-state index in [1.54, 1.807) is 12.1 Å². The molecule has 1 aromatic heterocycles. The molecule has 0 aliphatic carbocycles. The average molecular weight is 257 g/mol. The van der Waals surface area contributed by atoms with E-state index in [1.165, 1.54) is 18.3 Å². The van der Waals surface area contributed by atoms with E-state index in [2.05, 4.69) is 11.6 Å². The van der Waals surface area contributed by atoms with Gasteiger partial charge in [0.2, 0.25) is 0 Å². The Kier molecular flexibility index (Phi) is 5.27. The quantitative estimate of drug-likeness (QED) is 0.566. The molecular formula is C11H15NO4S. The number of pyridine rings is 1. The van der Waals surface area contributed by atoms with Gasteiger partial charge in [0.25, 0.3) is 0 Å². The minimum atomic E-state index is -3.56. The Morgan fingerprint density at radius 2 is 2.29 bits per heavy atom. The summed E-state index contributed by atoms with van der Waals surface area (Å²) in [7, 11) is -3.56. The van der Waals surface area contributed by atoms with E-state index in [0.29, 0.717) is 0 Å². The van der Waals surface area contributed by atoms with Crippen LogP contribution >= 0.6 is 0 Å². The molecule has 1 aromatic rings. The lowest BCUT2D eigenvalue weighted by molar-refractivity contribution is 0.0615. The van der Waals surface area contributed by atoms with Gasteiger partial charge >= 0.3 is 0 Å². The van der Waals surface area contributed by atoms with Crippen LogP contribution in [0.3, 0.4) is 0 Å². The first kappa shape index (κ1) is 13.8. The van der Waals surface area contributed by atoms with Crippen LogP contribution in [0.2, 0.25) is 0 Å². The lowest BCUT2D eigenvalue weighted by atomic mass is 10.4. The lowest BCUT2D eigenvalue weighted by Crippen LogP contribution is -2.26. The zero-order valence-corrected chi connectivity index (χ0v) is 10.1. The molecule has 94 valence electrons. The van der Waals surface area contributed by atoms with Gasteiger partial charge in [-0.3, -0.25) is 0 Å². The van der Waals surface area contributed by atoms with Crippen molar-refractivity contribution in [3.05, 3.63) is 37.1 Å². The highest BCUT2D eigenvalue weighted by Gasteiger charge is 2.20. The number of hydrogen-bond acceptors (Lipinski definition) is 5. The Hall–Kier alpha value is -1.24. The molecule has 0 aliphatic rings. The van der Waals surface area contributed by atoms with Gasteiger partial charge in [-0.1, -0.05) is 12.1 Å². The van der Waals surface area contributed by atoms with Crippen LogP contribution in [0.15, 0.2) is 42.1 Å². The SMILES string of the molecule is C=CCOCC(O)CS(=O)(=O)c1ccccn1. The third-order valence-electron chi connectivity index (χ3n) is 1.91. The summed E-state index contributed by atoms with van der Waals surface area (Å²) in [5.74, 6) is -0.402. The van der Waals surface area contributed by atoms with E-state index >= 15 is 0 Å². The summed E-state index contributed by atoms with van der Waals surface area (Å²) in [6, 6.07) is 4.61. The first-order valence-electron chi connectivity index (χ1n) is 5.07. The zero-order chi connectivity index (χ0) is 12.7. The number of aliphatic hydroxyl groups excluding tert-OH is 1. The molecule has 1 heterocycles. The minimum absolute atomic E-state index is 0.0391. The Balaban J connectivity index is 2.58. The van der Waals surface area contributed by atoms with E-state index in [9.17, 15) is 13.5 Å². The number of aliphatic hydroxyl groups is 1. The molecule has 0 radical (unpaired) electrons. The molecule has 0 spiro atoms. The fourth-order valence-corrected chi connectivity index (χ4v) is 2.49. The fourth-order valence-electron chi connectivity index (χ4n) is 1.21. The summed E-state index contributed by atoms with van der Waals surface area (Å²) in [6.45, 7) is 3.68. The summed E-state index contributed by atoms with van der Waals surface area (Å²) in [5.41, 5.74) is 0. The predicted octanol–water partition coefficient (Wildman–Crippen LogP) is 0.419. The lowest BCUT2D eigenvalue weighted by Gasteiger charge is -2.10. The molecule has 1 N–H and O–H groups in total. The molecule has 0 amide bonds. The third kappa shape index (κ3) is 4.64. The van der Waals surface area contributed by atoms with Crippen LogP contribution in [0.5, 0.6) is 0 Å². The second-order valence-corrected chi connectivity index (χ2v) is 5.41. The standard InChI is InChI=1S/C11H15NO4S/c1-2-7-16-8-10(13)9-17(14,15)11-5-3-4-6-12-11/h2-6,10,13H,1,7-9H2. The zero-order valence-electron chi connectivity index (χ0n) is 9.32. The van der Waals surface area contributed by atoms with Gasteiger partial charge in [-0.2, -0.15) is 0 Å². The summed E-state index contributed by atoms with van der Waals surface area (Å²) in [5, 5.41) is 9.47. The Morgan fingerprint density at radius 1 is 1.53 bits per heavy atom. The Morgan fingerprint density at radius 3 is 2.88 bits per heavy atom. The maximum atomic E-state index is 11.8. The molecule has 1 unspecified atom stereocenters. The average Bonchev–Trinajstić information content (AvgIpc) is 2.30. The van der Waals surface area contributed by atoms with Gasteiger partial charge in [0.05, 0.1) is 25.1 Å². The van der Waals surface area contributed by atoms with Crippen LogP contribution in [0.1, 0.15) is 0 Å². The Labute approximate surface area is 101 Å². The number of sulfone groups is 1. The maximum absolute atomic E-state index is 11.8. The molecule has 0 aromatic carbocycles. The smallest absolute Gasteiger partial charge is 0.198 e. The third-order valence-corrected chi connectivity index (χ3v) is 3.62. The molecule has 0 saturated heterocycles. The summed E-state index contributed by atoms with van der Waals surface area (Å²) in [6.07, 6.45) is 1.86. The van der Waals surface area contributed by atoms with Crippen LogP contribution in [0, 0.1) is 0 Å². The number of ether oxygens (including phenoxy) is 1. The molecule has 0 bridgehead atoms. The molecule has 17 heavy (non-hydrogen) atoms. The summed E-state index contributed by atoms with van der Waals surface area (Å²) >= 11 is 0. The molecule has 6 heteroatoms. The van der Waals surface area contributed by atoms with Gasteiger partial charge in [-0.15, -0.1) is 6.58 Å². The second-order valence-electron chi connectivity index (χ2n) is 3.43. The summed E-state index contributed by atoms with van der Waals surface area (Å²) in [4.78, 5) is 3.74. The van der Waals surface area contributed by atoms with E-state index in [1.807, 2.05) is 0 Å². The van der Waals surface area contributed by atoms with Crippen molar-refractivity contribution in [1.29, 1.82) is 0 Å². The van der Waals surface area contributed by atoms with Crippen molar-refractivity contribution in [1.82, 2.24) is 4.98 Å². The van der Waals surface area contributed by atoms with Crippen LogP contribution in [0.25, 0.3) is 0 Å². The first-order valence-corrected chi connectivity index (χ1v) is 6.72. The largest absolute Gasteiger partial charge is 0.390 e. The molecule has 0 aliphatic heterocycles. The van der Waals surface area contributed by atoms with Crippen LogP contribution < -0.4 is 0 Å². The summed E-state index contributed by atoms with van der Waals surface area (Å²) < 4.78 is 28.5. The van der Waals surface area contributed by atoms with Gasteiger partial charge in [-0.05, 0) is 12.1 Å². The number of hydrogen-bond donors (Lipinski definition) is 1. The van der Waals surface area contributed by atoms with Gasteiger partial charge < -0.3 is 9.84 Å². The number of nitrogens with zero attached hydrogens (tertiary/aromatic N) is 1. The number of aromatic nitrogens is 1. The van der Waals surface area contributed by atoms with Crippen molar-refractivity contribution in [3.8, 4) is 0 Å². The first-order chi connectivity index (χ1) is 8.06. The van der Waals surface area contributed by atoms with E-state index in [4.69, 9.17) is 4.74 Å². The molecule has 1 atom stereocenters. The Bertz CT molecular complexity index is 444. The second kappa shape index (κ2) is 6.48. The highest BCUT2D eigenvalue weighted by molar-refractivity contribution is 7.91. The molecule has 0 saturated carbocycles. The molecule has 0 fully saturated rings. The van der Waals surface area contributed by atoms with Crippen molar-refractivity contribution < 1.29 is 18.3 Å². The maximum Gasteiger partial charge on any atom is 0.198 e. The predicted molar refractivity (Wildman–Crippen MR) is 63.3 cm³/mol. The van der Waals surface area contributed by atoms with Crippen molar-refractivity contribution >= 4 is 9.84 Å².